The van der Waals surface area contributed by atoms with Crippen molar-refractivity contribution in [1.82, 2.24) is 4.31 Å². The van der Waals surface area contributed by atoms with Gasteiger partial charge in [-0.25, -0.2) is 8.42 Å². The largest absolute Gasteiger partial charge is 0.393 e. The fourth-order valence-corrected chi connectivity index (χ4v) is 5.39. The van der Waals surface area contributed by atoms with Crippen molar-refractivity contribution in [3.8, 4) is 0 Å². The molecule has 1 fully saturated rings. The first-order valence-electron chi connectivity index (χ1n) is 6.07. The van der Waals surface area contributed by atoms with Gasteiger partial charge >= 0.3 is 0 Å². The van der Waals surface area contributed by atoms with Gasteiger partial charge in [0.2, 0.25) is 10.0 Å². The molecule has 2 heterocycles. The molecule has 1 saturated heterocycles. The van der Waals surface area contributed by atoms with E-state index in [2.05, 4.69) is 0 Å². The van der Waals surface area contributed by atoms with Crippen molar-refractivity contribution in [3.05, 3.63) is 15.8 Å². The summed E-state index contributed by atoms with van der Waals surface area (Å²) in [7, 11) is -3.40. The Balaban J connectivity index is 2.29. The number of sulfonamides is 1. The summed E-state index contributed by atoms with van der Waals surface area (Å²) in [4.78, 5) is 2.27. The maximum Gasteiger partial charge on any atom is 0.244 e. The minimum Gasteiger partial charge on any atom is -0.393 e. The van der Waals surface area contributed by atoms with Gasteiger partial charge in [-0.2, -0.15) is 4.31 Å². The van der Waals surface area contributed by atoms with Crippen molar-refractivity contribution in [2.45, 2.75) is 38.2 Å². The molecule has 0 saturated carbocycles. The molecule has 1 aromatic rings. The highest BCUT2D eigenvalue weighted by molar-refractivity contribution is 7.89. The van der Waals surface area contributed by atoms with Crippen LogP contribution in [0.25, 0.3) is 0 Å². The molecule has 2 unspecified atom stereocenters. The molecule has 2 atom stereocenters. The van der Waals surface area contributed by atoms with Gasteiger partial charge in [-0.3, -0.25) is 0 Å². The number of aliphatic hydroxyl groups excluding tert-OH is 1. The smallest absolute Gasteiger partial charge is 0.244 e. The van der Waals surface area contributed by atoms with Crippen molar-refractivity contribution in [2.75, 3.05) is 13.1 Å². The summed E-state index contributed by atoms with van der Waals surface area (Å²) >= 11 is 1.51. The zero-order chi connectivity index (χ0) is 13.5. The number of piperidine rings is 1. The van der Waals surface area contributed by atoms with Crippen LogP contribution in [0.2, 0.25) is 0 Å². The molecule has 1 aliphatic rings. The third kappa shape index (κ3) is 2.47. The molecule has 1 N–H and O–H groups in total. The van der Waals surface area contributed by atoms with E-state index in [0.717, 1.165) is 9.75 Å². The third-order valence-electron chi connectivity index (χ3n) is 3.44. The first-order chi connectivity index (χ1) is 8.32. The average Bonchev–Trinajstić information content (AvgIpc) is 2.62. The Morgan fingerprint density at radius 1 is 1.44 bits per heavy atom. The summed E-state index contributed by atoms with van der Waals surface area (Å²) in [6.45, 7) is 6.45. The standard InChI is InChI=1S/C12H19NO3S2/c1-8-7-13(5-4-11(8)14)18(15,16)12-6-9(2)17-10(12)3/h6,8,11,14H,4-5,7H2,1-3H3. The van der Waals surface area contributed by atoms with E-state index in [-0.39, 0.29) is 12.0 Å². The quantitative estimate of drug-likeness (QED) is 0.902. The molecule has 0 bridgehead atoms. The van der Waals surface area contributed by atoms with E-state index in [1.165, 1.54) is 15.6 Å². The second kappa shape index (κ2) is 4.92. The van der Waals surface area contributed by atoms with Gasteiger partial charge in [-0.05, 0) is 32.3 Å². The fraction of sp³-hybridized carbons (Fsp3) is 0.667. The van der Waals surface area contributed by atoms with Crippen LogP contribution in [-0.4, -0.2) is 37.0 Å². The van der Waals surface area contributed by atoms with Crippen LogP contribution in [0.15, 0.2) is 11.0 Å². The molecule has 0 radical (unpaired) electrons. The van der Waals surface area contributed by atoms with Gasteiger partial charge in [-0.1, -0.05) is 6.92 Å². The average molecular weight is 289 g/mol. The maximum atomic E-state index is 12.5. The lowest BCUT2D eigenvalue weighted by Crippen LogP contribution is -2.44. The van der Waals surface area contributed by atoms with Crippen LogP contribution in [0.1, 0.15) is 23.1 Å². The highest BCUT2D eigenvalue weighted by Crippen LogP contribution is 2.30. The van der Waals surface area contributed by atoms with E-state index >= 15 is 0 Å². The van der Waals surface area contributed by atoms with E-state index < -0.39 is 10.0 Å². The first kappa shape index (κ1) is 14.0. The number of hydrogen-bond donors (Lipinski definition) is 1. The van der Waals surface area contributed by atoms with Crippen LogP contribution in [-0.2, 0) is 10.0 Å². The second-order valence-corrected chi connectivity index (χ2v) is 8.34. The summed E-state index contributed by atoms with van der Waals surface area (Å²) < 4.78 is 26.5. The van der Waals surface area contributed by atoms with Crippen LogP contribution in [0, 0.1) is 19.8 Å². The summed E-state index contributed by atoms with van der Waals surface area (Å²) in [5.74, 6) is -0.00596. The summed E-state index contributed by atoms with van der Waals surface area (Å²) in [5.41, 5.74) is 0. The Morgan fingerprint density at radius 2 is 2.11 bits per heavy atom. The molecular weight excluding hydrogens is 270 g/mol. The molecular formula is C12H19NO3S2. The number of aryl methyl sites for hydroxylation is 2. The van der Waals surface area contributed by atoms with E-state index in [1.807, 2.05) is 20.8 Å². The minimum atomic E-state index is -3.40. The highest BCUT2D eigenvalue weighted by atomic mass is 32.2. The van der Waals surface area contributed by atoms with Crippen molar-refractivity contribution >= 4 is 21.4 Å². The van der Waals surface area contributed by atoms with Crippen LogP contribution in [0.4, 0.5) is 0 Å². The molecule has 6 heteroatoms. The van der Waals surface area contributed by atoms with Gasteiger partial charge in [0, 0.05) is 22.8 Å². The zero-order valence-electron chi connectivity index (χ0n) is 10.9. The molecule has 0 amide bonds. The number of hydrogen-bond acceptors (Lipinski definition) is 4. The third-order valence-corrected chi connectivity index (χ3v) is 6.52. The molecule has 0 aliphatic carbocycles. The first-order valence-corrected chi connectivity index (χ1v) is 8.33. The van der Waals surface area contributed by atoms with Gasteiger partial charge in [-0.15, -0.1) is 11.3 Å². The van der Waals surface area contributed by atoms with Crippen molar-refractivity contribution in [3.63, 3.8) is 0 Å². The topological polar surface area (TPSA) is 57.6 Å². The Morgan fingerprint density at radius 3 is 2.61 bits per heavy atom. The monoisotopic (exact) mass is 289 g/mol. The van der Waals surface area contributed by atoms with Gasteiger partial charge in [0.05, 0.1) is 11.0 Å². The Bertz CT molecular complexity index is 536. The zero-order valence-corrected chi connectivity index (χ0v) is 12.5. The molecule has 2 rings (SSSR count). The van der Waals surface area contributed by atoms with E-state index in [4.69, 9.17) is 0 Å². The van der Waals surface area contributed by atoms with E-state index in [1.54, 1.807) is 6.07 Å². The highest BCUT2D eigenvalue weighted by Gasteiger charge is 2.33. The Labute approximate surface area is 112 Å². The lowest BCUT2D eigenvalue weighted by Gasteiger charge is -2.33. The number of aliphatic hydroxyl groups is 1. The normalized spacial score (nSPS) is 26.4. The summed E-state index contributed by atoms with van der Waals surface area (Å²) in [6.07, 6.45) is 0.129. The molecule has 0 spiro atoms. The van der Waals surface area contributed by atoms with E-state index in [9.17, 15) is 13.5 Å². The SMILES string of the molecule is Cc1cc(S(=O)(=O)N2CCC(O)C(C)C2)c(C)s1. The van der Waals surface area contributed by atoms with Crippen molar-refractivity contribution < 1.29 is 13.5 Å². The van der Waals surface area contributed by atoms with E-state index in [0.29, 0.717) is 24.4 Å². The predicted octanol–water partition coefficient (Wildman–Crippen LogP) is 1.76. The van der Waals surface area contributed by atoms with Gasteiger partial charge in [0.25, 0.3) is 0 Å². The molecule has 4 nitrogen and oxygen atoms in total. The molecule has 102 valence electrons. The number of nitrogens with zero attached hydrogens (tertiary/aromatic N) is 1. The maximum absolute atomic E-state index is 12.5. The summed E-state index contributed by atoms with van der Waals surface area (Å²) in [6, 6.07) is 1.74. The van der Waals surface area contributed by atoms with Crippen molar-refractivity contribution in [2.24, 2.45) is 5.92 Å². The lowest BCUT2D eigenvalue weighted by atomic mass is 9.99. The molecule has 1 aliphatic heterocycles. The van der Waals surface area contributed by atoms with Crippen LogP contribution >= 0.6 is 11.3 Å². The van der Waals surface area contributed by atoms with Crippen LogP contribution in [0.5, 0.6) is 0 Å². The predicted molar refractivity (Wildman–Crippen MR) is 72.3 cm³/mol. The number of thiophene rings is 1. The van der Waals surface area contributed by atoms with Gasteiger partial charge < -0.3 is 5.11 Å². The van der Waals surface area contributed by atoms with Gasteiger partial charge in [0.1, 0.15) is 0 Å². The van der Waals surface area contributed by atoms with Crippen LogP contribution in [0.3, 0.4) is 0 Å². The molecule has 1 aromatic heterocycles. The second-order valence-electron chi connectivity index (χ2n) is 4.97. The van der Waals surface area contributed by atoms with Crippen molar-refractivity contribution in [1.29, 1.82) is 0 Å². The minimum absolute atomic E-state index is 0.00596. The summed E-state index contributed by atoms with van der Waals surface area (Å²) in [5, 5.41) is 9.67. The Kier molecular flexibility index (Phi) is 3.82. The molecule has 18 heavy (non-hydrogen) atoms. The molecule has 0 aromatic carbocycles. The fourth-order valence-electron chi connectivity index (χ4n) is 2.32. The van der Waals surface area contributed by atoms with Crippen LogP contribution < -0.4 is 0 Å². The lowest BCUT2D eigenvalue weighted by molar-refractivity contribution is 0.0628. The number of rotatable bonds is 2. The van der Waals surface area contributed by atoms with Gasteiger partial charge in [0.15, 0.2) is 0 Å². The Hall–Kier alpha value is -0.430.